The average Bonchev–Trinajstić information content (AvgIpc) is 2.42. The topological polar surface area (TPSA) is 72.6 Å². The molecule has 0 fully saturated rings. The molecule has 0 bridgehead atoms. The molecular weight excluding hydrogens is 336 g/mol. The number of nitrogens with zero attached hydrogens (tertiary/aromatic N) is 1. The number of nitrogens with two attached hydrogens (primary N) is 1. The van der Waals surface area contributed by atoms with Gasteiger partial charge in [-0.05, 0) is 39.8 Å². The van der Waals surface area contributed by atoms with Crippen molar-refractivity contribution in [1.29, 1.82) is 0 Å². The Balaban J connectivity index is 3.07. The van der Waals surface area contributed by atoms with Gasteiger partial charge in [0.1, 0.15) is 0 Å². The zero-order valence-corrected chi connectivity index (χ0v) is 14.4. The van der Waals surface area contributed by atoms with Gasteiger partial charge in [0.2, 0.25) is 0 Å². The lowest BCUT2D eigenvalue weighted by Gasteiger charge is -2.24. The molecule has 0 aliphatic rings. The van der Waals surface area contributed by atoms with Crippen molar-refractivity contribution in [3.05, 3.63) is 22.2 Å². The van der Waals surface area contributed by atoms with Gasteiger partial charge in [-0.1, -0.05) is 15.9 Å². The molecule has 0 aliphatic carbocycles. The maximum Gasteiger partial charge on any atom is 0.263 e. The van der Waals surface area contributed by atoms with Crippen molar-refractivity contribution in [1.82, 2.24) is 4.90 Å². The van der Waals surface area contributed by atoms with E-state index in [1.54, 1.807) is 24.0 Å². The third-order valence-electron chi connectivity index (χ3n) is 3.18. The molecule has 0 radical (unpaired) electrons. The number of carbonyl (C=O) groups is 2. The maximum absolute atomic E-state index is 12.2. The van der Waals surface area contributed by atoms with Crippen LogP contribution in [0.25, 0.3) is 0 Å². The van der Waals surface area contributed by atoms with Crippen molar-refractivity contribution in [2.24, 2.45) is 0 Å². The van der Waals surface area contributed by atoms with Crippen LogP contribution in [-0.2, 0) is 4.79 Å². The summed E-state index contributed by atoms with van der Waals surface area (Å²) in [6.45, 7) is 8.13. The summed E-state index contributed by atoms with van der Waals surface area (Å²) >= 11 is 3.29. The van der Waals surface area contributed by atoms with E-state index in [9.17, 15) is 9.59 Å². The van der Waals surface area contributed by atoms with E-state index in [2.05, 4.69) is 15.9 Å². The van der Waals surface area contributed by atoms with Crippen molar-refractivity contribution in [2.45, 2.75) is 33.8 Å². The SMILES string of the molecule is CCN(CC)C(=O)C(C)Oc1c(N)cc(Br)cc1C(C)=O. The number of nitrogen functional groups attached to an aromatic ring is 1. The van der Waals surface area contributed by atoms with Crippen molar-refractivity contribution in [2.75, 3.05) is 18.8 Å². The number of benzene rings is 1. The Hall–Kier alpha value is -1.56. The lowest BCUT2D eigenvalue weighted by molar-refractivity contribution is -0.137. The second-order valence-electron chi connectivity index (χ2n) is 4.70. The van der Waals surface area contributed by atoms with Crippen LogP contribution >= 0.6 is 15.9 Å². The van der Waals surface area contributed by atoms with E-state index in [0.717, 1.165) is 0 Å². The lowest BCUT2D eigenvalue weighted by atomic mass is 10.1. The molecule has 2 N–H and O–H groups in total. The van der Waals surface area contributed by atoms with Gasteiger partial charge in [0.25, 0.3) is 5.91 Å². The average molecular weight is 357 g/mol. The molecule has 1 aromatic carbocycles. The van der Waals surface area contributed by atoms with Gasteiger partial charge in [0.15, 0.2) is 17.6 Å². The monoisotopic (exact) mass is 356 g/mol. The summed E-state index contributed by atoms with van der Waals surface area (Å²) in [4.78, 5) is 25.6. The zero-order valence-electron chi connectivity index (χ0n) is 12.8. The molecule has 0 saturated heterocycles. The molecule has 0 saturated carbocycles. The largest absolute Gasteiger partial charge is 0.478 e. The number of ketones is 1. The summed E-state index contributed by atoms with van der Waals surface area (Å²) in [5, 5.41) is 0. The maximum atomic E-state index is 12.2. The van der Waals surface area contributed by atoms with Crippen molar-refractivity contribution in [3.8, 4) is 5.75 Å². The highest BCUT2D eigenvalue weighted by atomic mass is 79.9. The van der Waals surface area contributed by atoms with Crippen LogP contribution in [0.2, 0.25) is 0 Å². The summed E-state index contributed by atoms with van der Waals surface area (Å²) in [5.74, 6) is -0.0315. The van der Waals surface area contributed by atoms with Crippen molar-refractivity contribution >= 4 is 33.3 Å². The molecule has 0 aliphatic heterocycles. The fourth-order valence-corrected chi connectivity index (χ4v) is 2.50. The first-order valence-corrected chi connectivity index (χ1v) is 7.66. The summed E-state index contributed by atoms with van der Waals surface area (Å²) < 4.78 is 6.38. The van der Waals surface area contributed by atoms with Crippen LogP contribution in [0.1, 0.15) is 38.1 Å². The molecule has 0 aromatic heterocycles. The first-order chi connectivity index (χ1) is 9.81. The van der Waals surface area contributed by atoms with Gasteiger partial charge < -0.3 is 15.4 Å². The number of Topliss-reactive ketones (excluding diaryl/α,β-unsaturated/α-hetero) is 1. The number of anilines is 1. The quantitative estimate of drug-likeness (QED) is 0.628. The van der Waals surface area contributed by atoms with Crippen LogP contribution < -0.4 is 10.5 Å². The molecule has 1 aromatic rings. The molecule has 21 heavy (non-hydrogen) atoms. The standard InChI is InChI=1S/C15H21BrN2O3/c1-5-18(6-2)15(20)10(4)21-14-12(9(3)19)7-11(16)8-13(14)17/h7-8,10H,5-6,17H2,1-4H3. The number of rotatable bonds is 6. The van der Waals surface area contributed by atoms with Crippen LogP contribution in [-0.4, -0.2) is 35.8 Å². The van der Waals surface area contributed by atoms with E-state index >= 15 is 0 Å². The Labute approximate surface area is 133 Å². The molecule has 1 unspecified atom stereocenters. The Morgan fingerprint density at radius 2 is 1.90 bits per heavy atom. The highest BCUT2D eigenvalue weighted by Gasteiger charge is 2.23. The lowest BCUT2D eigenvalue weighted by Crippen LogP contribution is -2.40. The minimum absolute atomic E-state index is 0.128. The molecule has 0 spiro atoms. The fourth-order valence-electron chi connectivity index (χ4n) is 2.03. The Kier molecular flexibility index (Phi) is 6.20. The van der Waals surface area contributed by atoms with E-state index in [0.29, 0.717) is 28.8 Å². The van der Waals surface area contributed by atoms with Gasteiger partial charge in [0, 0.05) is 17.6 Å². The first kappa shape index (κ1) is 17.5. The number of likely N-dealkylation sites (N-methyl/N-ethyl adjacent to an activating group) is 1. The van der Waals surface area contributed by atoms with E-state index in [1.807, 2.05) is 13.8 Å². The van der Waals surface area contributed by atoms with E-state index in [-0.39, 0.29) is 17.4 Å². The van der Waals surface area contributed by atoms with E-state index in [4.69, 9.17) is 10.5 Å². The Morgan fingerprint density at radius 3 is 2.38 bits per heavy atom. The number of carbonyl (C=O) groups excluding carboxylic acids is 2. The van der Waals surface area contributed by atoms with Gasteiger partial charge >= 0.3 is 0 Å². The van der Waals surface area contributed by atoms with Gasteiger partial charge in [-0.2, -0.15) is 0 Å². The van der Waals surface area contributed by atoms with Crippen LogP contribution in [0.5, 0.6) is 5.75 Å². The minimum Gasteiger partial charge on any atom is -0.478 e. The zero-order chi connectivity index (χ0) is 16.2. The molecular formula is C15H21BrN2O3. The molecule has 1 atom stereocenters. The number of ether oxygens (including phenoxy) is 1. The predicted octanol–water partition coefficient (Wildman–Crippen LogP) is 2.87. The second-order valence-corrected chi connectivity index (χ2v) is 5.61. The van der Waals surface area contributed by atoms with Crippen LogP contribution in [0.15, 0.2) is 16.6 Å². The van der Waals surface area contributed by atoms with Gasteiger partial charge in [-0.3, -0.25) is 9.59 Å². The summed E-state index contributed by atoms with van der Waals surface area (Å²) in [5.41, 5.74) is 6.61. The number of hydrogen-bond donors (Lipinski definition) is 1. The smallest absolute Gasteiger partial charge is 0.263 e. The molecule has 0 heterocycles. The molecule has 1 amide bonds. The van der Waals surface area contributed by atoms with E-state index in [1.165, 1.54) is 6.92 Å². The van der Waals surface area contributed by atoms with Gasteiger partial charge in [-0.15, -0.1) is 0 Å². The highest BCUT2D eigenvalue weighted by molar-refractivity contribution is 9.10. The van der Waals surface area contributed by atoms with Crippen molar-refractivity contribution < 1.29 is 14.3 Å². The fraction of sp³-hybridized carbons (Fsp3) is 0.467. The number of halogens is 1. The Bertz CT molecular complexity index is 542. The summed E-state index contributed by atoms with van der Waals surface area (Å²) in [6.07, 6.45) is -0.702. The molecule has 5 nitrogen and oxygen atoms in total. The number of hydrogen-bond acceptors (Lipinski definition) is 4. The third-order valence-corrected chi connectivity index (χ3v) is 3.64. The van der Waals surface area contributed by atoms with E-state index < -0.39 is 6.10 Å². The normalized spacial score (nSPS) is 11.9. The molecule has 1 rings (SSSR count). The van der Waals surface area contributed by atoms with Gasteiger partial charge in [-0.25, -0.2) is 0 Å². The Morgan fingerprint density at radius 1 is 1.33 bits per heavy atom. The summed E-state index contributed by atoms with van der Waals surface area (Å²) in [7, 11) is 0. The minimum atomic E-state index is -0.702. The highest BCUT2D eigenvalue weighted by Crippen LogP contribution is 2.32. The van der Waals surface area contributed by atoms with Crippen LogP contribution in [0.4, 0.5) is 5.69 Å². The second kappa shape index (κ2) is 7.45. The predicted molar refractivity (Wildman–Crippen MR) is 86.6 cm³/mol. The van der Waals surface area contributed by atoms with Gasteiger partial charge in [0.05, 0.1) is 11.3 Å². The molecule has 6 heteroatoms. The summed E-state index contributed by atoms with van der Waals surface area (Å²) in [6, 6.07) is 3.29. The van der Waals surface area contributed by atoms with Crippen LogP contribution in [0, 0.1) is 0 Å². The first-order valence-electron chi connectivity index (χ1n) is 6.87. The third kappa shape index (κ3) is 4.20. The molecule has 116 valence electrons. The van der Waals surface area contributed by atoms with Crippen LogP contribution in [0.3, 0.4) is 0 Å². The number of amides is 1. The van der Waals surface area contributed by atoms with Crippen molar-refractivity contribution in [3.63, 3.8) is 0 Å².